The molecule has 0 saturated carbocycles. The summed E-state index contributed by atoms with van der Waals surface area (Å²) in [7, 11) is 3.49. The van der Waals surface area contributed by atoms with Gasteiger partial charge in [0.2, 0.25) is 0 Å². The fourth-order valence-corrected chi connectivity index (χ4v) is 3.82. The third-order valence-corrected chi connectivity index (χ3v) is 5.48. The summed E-state index contributed by atoms with van der Waals surface area (Å²) < 4.78 is 40.6. The number of sulfonamides is 1. The number of hydrogen-bond acceptors (Lipinski definition) is 6. The molecule has 1 aromatic heterocycles. The fraction of sp³-hybridized carbons (Fsp3) is 0.438. The lowest BCUT2D eigenvalue weighted by Gasteiger charge is -2.32. The van der Waals surface area contributed by atoms with Crippen LogP contribution in [0.1, 0.15) is 5.56 Å². The van der Waals surface area contributed by atoms with Crippen LogP contribution in [-0.2, 0) is 23.5 Å². The standard InChI is InChI=1S/C16H22N4O4S/c1-19(2)11-7-12-14(23-4)6-5-13(16(12)24-9-11)18-25(21,22)15-8-20(3)10-17-15/h5-6,8,10-11,18H,7,9H2,1-4H3/t11-/m1/s1. The van der Waals surface area contributed by atoms with Crippen LogP contribution in [0.25, 0.3) is 0 Å². The zero-order valence-corrected chi connectivity index (χ0v) is 15.5. The third kappa shape index (κ3) is 3.42. The van der Waals surface area contributed by atoms with E-state index in [1.165, 1.54) is 12.5 Å². The van der Waals surface area contributed by atoms with Crippen molar-refractivity contribution in [1.29, 1.82) is 0 Å². The number of methoxy groups -OCH3 is 1. The summed E-state index contributed by atoms with van der Waals surface area (Å²) >= 11 is 0. The van der Waals surface area contributed by atoms with E-state index in [1.54, 1.807) is 30.9 Å². The number of ether oxygens (including phenoxy) is 2. The zero-order valence-electron chi connectivity index (χ0n) is 14.7. The van der Waals surface area contributed by atoms with Crippen LogP contribution in [0.5, 0.6) is 11.5 Å². The first-order valence-electron chi connectivity index (χ1n) is 7.81. The van der Waals surface area contributed by atoms with Gasteiger partial charge in [-0.25, -0.2) is 4.98 Å². The molecule has 3 rings (SSSR count). The van der Waals surface area contributed by atoms with E-state index in [2.05, 4.69) is 14.6 Å². The molecule has 0 radical (unpaired) electrons. The monoisotopic (exact) mass is 366 g/mol. The summed E-state index contributed by atoms with van der Waals surface area (Å²) in [5.74, 6) is 1.19. The number of aryl methyl sites for hydroxylation is 1. The molecule has 0 fully saturated rings. The van der Waals surface area contributed by atoms with Gasteiger partial charge in [-0.05, 0) is 32.6 Å². The molecule has 1 aromatic carbocycles. The molecule has 0 spiro atoms. The highest BCUT2D eigenvalue weighted by Crippen LogP contribution is 2.40. The highest BCUT2D eigenvalue weighted by atomic mass is 32.2. The van der Waals surface area contributed by atoms with Gasteiger partial charge in [0.1, 0.15) is 18.1 Å². The molecule has 0 saturated heterocycles. The number of fused-ring (bicyclic) bond motifs is 1. The lowest BCUT2D eigenvalue weighted by molar-refractivity contribution is 0.164. The molecule has 0 unspecified atom stereocenters. The van der Waals surface area contributed by atoms with Crippen molar-refractivity contribution in [3.8, 4) is 11.5 Å². The van der Waals surface area contributed by atoms with Gasteiger partial charge >= 0.3 is 0 Å². The van der Waals surface area contributed by atoms with Gasteiger partial charge in [-0.1, -0.05) is 0 Å². The maximum atomic E-state index is 12.5. The van der Waals surface area contributed by atoms with Crippen LogP contribution in [0.2, 0.25) is 0 Å². The van der Waals surface area contributed by atoms with Gasteiger partial charge in [0, 0.05) is 24.8 Å². The molecule has 1 aliphatic rings. The molecule has 1 N–H and O–H groups in total. The molecule has 136 valence electrons. The smallest absolute Gasteiger partial charge is 0.281 e. The average molecular weight is 366 g/mol. The number of likely N-dealkylation sites (N-methyl/N-ethyl adjacent to an activating group) is 1. The molecule has 9 heteroatoms. The van der Waals surface area contributed by atoms with Gasteiger partial charge in [0.15, 0.2) is 5.03 Å². The van der Waals surface area contributed by atoms with E-state index in [4.69, 9.17) is 9.47 Å². The summed E-state index contributed by atoms with van der Waals surface area (Å²) in [5.41, 5.74) is 1.24. The molecule has 1 atom stereocenters. The zero-order chi connectivity index (χ0) is 18.2. The van der Waals surface area contributed by atoms with Gasteiger partial charge in [0.25, 0.3) is 10.0 Å². The molecule has 25 heavy (non-hydrogen) atoms. The van der Waals surface area contributed by atoms with Crippen LogP contribution < -0.4 is 14.2 Å². The quantitative estimate of drug-likeness (QED) is 0.853. The lowest BCUT2D eigenvalue weighted by atomic mass is 10.00. The highest BCUT2D eigenvalue weighted by molar-refractivity contribution is 7.92. The summed E-state index contributed by atoms with van der Waals surface area (Å²) in [6.07, 6.45) is 3.60. The first kappa shape index (κ1) is 17.6. The first-order chi connectivity index (χ1) is 11.8. The summed E-state index contributed by atoms with van der Waals surface area (Å²) in [4.78, 5) is 5.98. The van der Waals surface area contributed by atoms with E-state index in [9.17, 15) is 8.42 Å². The molecule has 2 aromatic rings. The molecular weight excluding hydrogens is 344 g/mol. The SMILES string of the molecule is COc1ccc(NS(=O)(=O)c2cn(C)cn2)c2c1C[C@@H](N(C)C)CO2. The van der Waals surface area contributed by atoms with Crippen LogP contribution in [0.3, 0.4) is 0 Å². The topological polar surface area (TPSA) is 85.7 Å². The minimum Gasteiger partial charge on any atom is -0.496 e. The number of hydrogen-bond donors (Lipinski definition) is 1. The van der Waals surface area contributed by atoms with Crippen LogP contribution in [0, 0.1) is 0 Å². The number of benzene rings is 1. The van der Waals surface area contributed by atoms with E-state index in [0.717, 1.165) is 5.56 Å². The van der Waals surface area contributed by atoms with E-state index in [-0.39, 0.29) is 11.1 Å². The van der Waals surface area contributed by atoms with Crippen molar-refractivity contribution >= 4 is 15.7 Å². The second-order valence-corrected chi connectivity index (χ2v) is 7.87. The summed E-state index contributed by atoms with van der Waals surface area (Å²) in [6.45, 7) is 0.478. The Balaban J connectivity index is 1.97. The number of nitrogens with one attached hydrogen (secondary N) is 1. The van der Waals surface area contributed by atoms with Crippen molar-refractivity contribution in [3.63, 3.8) is 0 Å². The van der Waals surface area contributed by atoms with Crippen molar-refractivity contribution in [2.24, 2.45) is 7.05 Å². The Kier molecular flexibility index (Phi) is 4.61. The number of rotatable bonds is 5. The Morgan fingerprint density at radius 1 is 1.40 bits per heavy atom. The van der Waals surface area contributed by atoms with E-state index in [1.807, 2.05) is 14.1 Å². The molecule has 2 heterocycles. The van der Waals surface area contributed by atoms with Gasteiger partial charge in [0.05, 0.1) is 19.1 Å². The maximum Gasteiger partial charge on any atom is 0.281 e. The Morgan fingerprint density at radius 2 is 2.16 bits per heavy atom. The predicted octanol–water partition coefficient (Wildman–Crippen LogP) is 1.09. The maximum absolute atomic E-state index is 12.5. The van der Waals surface area contributed by atoms with Crippen molar-refractivity contribution in [1.82, 2.24) is 14.5 Å². The van der Waals surface area contributed by atoms with Crippen LogP contribution in [0.4, 0.5) is 5.69 Å². The molecule has 1 aliphatic heterocycles. The highest BCUT2D eigenvalue weighted by Gasteiger charge is 2.28. The molecule has 0 bridgehead atoms. The Bertz CT molecular complexity index is 876. The minimum absolute atomic E-state index is 0.0402. The average Bonchev–Trinajstić information content (AvgIpc) is 3.02. The van der Waals surface area contributed by atoms with Crippen LogP contribution in [-0.4, -0.2) is 56.7 Å². The molecule has 0 aliphatic carbocycles. The van der Waals surface area contributed by atoms with Crippen molar-refractivity contribution < 1.29 is 17.9 Å². The Morgan fingerprint density at radius 3 is 2.76 bits per heavy atom. The Labute approximate surface area is 147 Å². The molecular formula is C16H22N4O4S. The largest absolute Gasteiger partial charge is 0.496 e. The van der Waals surface area contributed by atoms with E-state index in [0.29, 0.717) is 30.2 Å². The van der Waals surface area contributed by atoms with Gasteiger partial charge in [-0.15, -0.1) is 0 Å². The lowest BCUT2D eigenvalue weighted by Crippen LogP contribution is -2.38. The van der Waals surface area contributed by atoms with E-state index < -0.39 is 10.0 Å². The van der Waals surface area contributed by atoms with Gasteiger partial charge in [-0.3, -0.25) is 4.72 Å². The summed E-state index contributed by atoms with van der Waals surface area (Å²) in [6, 6.07) is 3.59. The van der Waals surface area contributed by atoms with Crippen molar-refractivity contribution in [2.45, 2.75) is 17.5 Å². The normalized spacial score (nSPS) is 17.1. The van der Waals surface area contributed by atoms with Gasteiger partial charge < -0.3 is 18.9 Å². The fourth-order valence-electron chi connectivity index (χ4n) is 2.77. The van der Waals surface area contributed by atoms with Crippen LogP contribution >= 0.6 is 0 Å². The van der Waals surface area contributed by atoms with Crippen molar-refractivity contribution in [2.75, 3.05) is 32.5 Å². The Hall–Kier alpha value is -2.26. The second-order valence-electron chi connectivity index (χ2n) is 6.24. The van der Waals surface area contributed by atoms with Crippen LogP contribution in [0.15, 0.2) is 29.7 Å². The number of imidazole rings is 1. The number of anilines is 1. The summed E-state index contributed by atoms with van der Waals surface area (Å²) in [5, 5.41) is -0.0402. The second kappa shape index (κ2) is 6.57. The molecule has 0 amide bonds. The van der Waals surface area contributed by atoms with Crippen molar-refractivity contribution in [3.05, 3.63) is 30.2 Å². The number of aromatic nitrogens is 2. The first-order valence-corrected chi connectivity index (χ1v) is 9.30. The number of nitrogens with zero attached hydrogens (tertiary/aromatic N) is 3. The minimum atomic E-state index is -3.79. The third-order valence-electron chi connectivity index (χ3n) is 4.23. The predicted molar refractivity (Wildman–Crippen MR) is 93.7 cm³/mol. The van der Waals surface area contributed by atoms with E-state index >= 15 is 0 Å². The molecule has 8 nitrogen and oxygen atoms in total. The van der Waals surface area contributed by atoms with Gasteiger partial charge in [-0.2, -0.15) is 8.42 Å².